The summed E-state index contributed by atoms with van der Waals surface area (Å²) >= 11 is 1.50. The van der Waals surface area contributed by atoms with Gasteiger partial charge in [-0.15, -0.1) is 11.3 Å². The monoisotopic (exact) mass is 276 g/mol. The molecule has 0 aromatic carbocycles. The second kappa shape index (κ2) is 4.82. The van der Waals surface area contributed by atoms with Crippen molar-refractivity contribution in [3.63, 3.8) is 0 Å². The van der Waals surface area contributed by atoms with E-state index >= 15 is 0 Å². The minimum Gasteiger partial charge on any atom is -0.291 e. The van der Waals surface area contributed by atoms with Crippen LogP contribution in [-0.2, 0) is 0 Å². The van der Waals surface area contributed by atoms with Crippen molar-refractivity contribution >= 4 is 11.3 Å². The third-order valence-electron chi connectivity index (χ3n) is 2.82. The van der Waals surface area contributed by atoms with Gasteiger partial charge in [0, 0.05) is 6.20 Å². The molecule has 0 spiro atoms. The lowest BCUT2D eigenvalue weighted by molar-refractivity contribution is 0.598. The first-order valence-corrected chi connectivity index (χ1v) is 6.45. The molecule has 0 aliphatic rings. The zero-order valence-corrected chi connectivity index (χ0v) is 11.5. The molecule has 0 aliphatic carbocycles. The number of aromatic amines is 1. The smallest absolute Gasteiger partial charge is 0.291 e. The number of rotatable bonds is 2. The maximum atomic E-state index is 11.8. The lowest BCUT2D eigenvalue weighted by Gasteiger charge is -2.13. The first-order chi connectivity index (χ1) is 8.93. The standard InChI is InChI=1S/C12H12N4O2S/c1-6-10(19-8(3)14-6)7(2)16-5-9(4-13)11(17)15-12(16)18/h5,7H,1-3H3,(H,15,17,18). The van der Waals surface area contributed by atoms with E-state index in [1.54, 1.807) is 6.07 Å². The minimum absolute atomic E-state index is 0.0784. The summed E-state index contributed by atoms with van der Waals surface area (Å²) < 4.78 is 1.35. The van der Waals surface area contributed by atoms with Crippen molar-refractivity contribution < 1.29 is 0 Å². The molecule has 7 heteroatoms. The normalized spacial score (nSPS) is 12.1. The maximum absolute atomic E-state index is 11.8. The first-order valence-electron chi connectivity index (χ1n) is 5.63. The van der Waals surface area contributed by atoms with E-state index in [2.05, 4.69) is 9.97 Å². The van der Waals surface area contributed by atoms with Crippen molar-refractivity contribution in [2.45, 2.75) is 26.8 Å². The zero-order valence-electron chi connectivity index (χ0n) is 10.7. The topological polar surface area (TPSA) is 91.5 Å². The summed E-state index contributed by atoms with van der Waals surface area (Å²) in [5.74, 6) is 0. The average Bonchev–Trinajstić information content (AvgIpc) is 2.68. The quantitative estimate of drug-likeness (QED) is 0.888. The fourth-order valence-corrected chi connectivity index (χ4v) is 2.89. The summed E-state index contributed by atoms with van der Waals surface area (Å²) in [7, 11) is 0. The Morgan fingerprint density at radius 1 is 1.47 bits per heavy atom. The number of aromatic nitrogens is 3. The van der Waals surface area contributed by atoms with Gasteiger partial charge in [-0.2, -0.15) is 5.26 Å². The van der Waals surface area contributed by atoms with Crippen LogP contribution in [0.2, 0.25) is 0 Å². The van der Waals surface area contributed by atoms with Crippen LogP contribution in [0.4, 0.5) is 0 Å². The van der Waals surface area contributed by atoms with Gasteiger partial charge in [0.15, 0.2) is 0 Å². The Kier molecular flexibility index (Phi) is 3.36. The molecule has 1 atom stereocenters. The number of nitrogens with zero attached hydrogens (tertiary/aromatic N) is 3. The van der Waals surface area contributed by atoms with Crippen molar-refractivity contribution in [3.8, 4) is 6.07 Å². The van der Waals surface area contributed by atoms with Gasteiger partial charge in [0.1, 0.15) is 11.6 Å². The number of thiazole rings is 1. The van der Waals surface area contributed by atoms with Gasteiger partial charge in [0.25, 0.3) is 5.56 Å². The van der Waals surface area contributed by atoms with Crippen molar-refractivity contribution in [2.75, 3.05) is 0 Å². The van der Waals surface area contributed by atoms with E-state index in [-0.39, 0.29) is 11.6 Å². The molecule has 0 fully saturated rings. The summed E-state index contributed by atoms with van der Waals surface area (Å²) in [6.45, 7) is 5.60. The van der Waals surface area contributed by atoms with Crippen LogP contribution in [0.25, 0.3) is 0 Å². The Balaban J connectivity index is 2.60. The predicted octanol–water partition coefficient (Wildman–Crippen LogP) is 1.09. The first kappa shape index (κ1) is 13.2. The minimum atomic E-state index is -0.659. The lowest BCUT2D eigenvalue weighted by Crippen LogP contribution is -2.33. The number of aryl methyl sites for hydroxylation is 2. The van der Waals surface area contributed by atoms with Crippen LogP contribution >= 0.6 is 11.3 Å². The molecule has 1 unspecified atom stereocenters. The summed E-state index contributed by atoms with van der Waals surface area (Å²) in [6.07, 6.45) is 1.29. The van der Waals surface area contributed by atoms with E-state index in [0.29, 0.717) is 0 Å². The summed E-state index contributed by atoms with van der Waals surface area (Å²) in [6, 6.07) is 1.50. The summed E-state index contributed by atoms with van der Waals surface area (Å²) in [5.41, 5.74) is -0.410. The molecule has 1 N–H and O–H groups in total. The highest BCUT2D eigenvalue weighted by Crippen LogP contribution is 2.26. The van der Waals surface area contributed by atoms with Gasteiger partial charge in [-0.25, -0.2) is 9.78 Å². The fraction of sp³-hybridized carbons (Fsp3) is 0.333. The molecule has 0 radical (unpaired) electrons. The third kappa shape index (κ3) is 2.35. The highest BCUT2D eigenvalue weighted by molar-refractivity contribution is 7.11. The maximum Gasteiger partial charge on any atom is 0.328 e. The Labute approximate surface area is 113 Å². The highest BCUT2D eigenvalue weighted by Gasteiger charge is 2.17. The molecular formula is C12H12N4O2S. The van der Waals surface area contributed by atoms with Gasteiger partial charge in [-0.1, -0.05) is 0 Å². The van der Waals surface area contributed by atoms with Crippen LogP contribution in [0.15, 0.2) is 15.8 Å². The van der Waals surface area contributed by atoms with Crippen molar-refractivity contribution in [1.82, 2.24) is 14.5 Å². The van der Waals surface area contributed by atoms with Gasteiger partial charge in [0.2, 0.25) is 0 Å². The highest BCUT2D eigenvalue weighted by atomic mass is 32.1. The van der Waals surface area contributed by atoms with E-state index in [0.717, 1.165) is 15.6 Å². The Bertz CT molecular complexity index is 778. The van der Waals surface area contributed by atoms with Crippen molar-refractivity contribution in [1.29, 1.82) is 5.26 Å². The average molecular weight is 276 g/mol. The number of H-pyrrole nitrogens is 1. The number of nitrogens with one attached hydrogen (secondary N) is 1. The zero-order chi connectivity index (χ0) is 14.2. The number of nitriles is 1. The van der Waals surface area contributed by atoms with E-state index in [1.807, 2.05) is 20.8 Å². The van der Waals surface area contributed by atoms with Crippen LogP contribution in [0.1, 0.15) is 34.1 Å². The molecule has 0 saturated heterocycles. The Morgan fingerprint density at radius 3 is 2.68 bits per heavy atom. The van der Waals surface area contributed by atoms with E-state index < -0.39 is 11.2 Å². The number of hydrogen-bond donors (Lipinski definition) is 1. The van der Waals surface area contributed by atoms with E-state index in [1.165, 1.54) is 22.1 Å². The second-order valence-corrected chi connectivity index (χ2v) is 5.41. The molecule has 2 aromatic rings. The molecule has 0 saturated carbocycles. The molecule has 6 nitrogen and oxygen atoms in total. The van der Waals surface area contributed by atoms with Gasteiger partial charge in [-0.3, -0.25) is 14.3 Å². The van der Waals surface area contributed by atoms with Crippen LogP contribution in [0.3, 0.4) is 0 Å². The summed E-state index contributed by atoms with van der Waals surface area (Å²) in [5, 5.41) is 9.76. The van der Waals surface area contributed by atoms with Gasteiger partial charge in [-0.05, 0) is 20.8 Å². The van der Waals surface area contributed by atoms with Gasteiger partial charge < -0.3 is 0 Å². The van der Waals surface area contributed by atoms with Crippen LogP contribution in [0, 0.1) is 25.2 Å². The molecular weight excluding hydrogens is 264 g/mol. The van der Waals surface area contributed by atoms with Crippen LogP contribution < -0.4 is 11.2 Å². The molecule has 0 amide bonds. The Morgan fingerprint density at radius 2 is 2.16 bits per heavy atom. The predicted molar refractivity (Wildman–Crippen MR) is 71.4 cm³/mol. The summed E-state index contributed by atoms with van der Waals surface area (Å²) in [4.78, 5) is 30.6. The lowest BCUT2D eigenvalue weighted by atomic mass is 10.2. The largest absolute Gasteiger partial charge is 0.328 e. The fourth-order valence-electron chi connectivity index (χ4n) is 1.91. The van der Waals surface area contributed by atoms with E-state index in [9.17, 15) is 9.59 Å². The molecule has 98 valence electrons. The van der Waals surface area contributed by atoms with Crippen LogP contribution in [0.5, 0.6) is 0 Å². The molecule has 0 aliphatic heterocycles. The van der Waals surface area contributed by atoms with Crippen LogP contribution in [-0.4, -0.2) is 14.5 Å². The molecule has 19 heavy (non-hydrogen) atoms. The van der Waals surface area contributed by atoms with Crippen molar-refractivity contribution in [3.05, 3.63) is 48.2 Å². The van der Waals surface area contributed by atoms with Gasteiger partial charge in [0.05, 0.1) is 21.6 Å². The molecule has 2 rings (SSSR count). The molecule has 2 aromatic heterocycles. The Hall–Kier alpha value is -2.20. The van der Waals surface area contributed by atoms with E-state index in [4.69, 9.17) is 5.26 Å². The van der Waals surface area contributed by atoms with Gasteiger partial charge >= 0.3 is 5.69 Å². The SMILES string of the molecule is Cc1nc(C)c(C(C)n2cc(C#N)c(=O)[nH]c2=O)s1. The second-order valence-electron chi connectivity index (χ2n) is 4.18. The molecule has 0 bridgehead atoms. The third-order valence-corrected chi connectivity index (χ3v) is 4.07. The number of hydrogen-bond acceptors (Lipinski definition) is 5. The van der Waals surface area contributed by atoms with Crippen molar-refractivity contribution in [2.24, 2.45) is 0 Å². The molecule has 2 heterocycles.